The number of thioether (sulfide) groups is 1. The molecule has 43 heavy (non-hydrogen) atoms. The number of carbonyl (C=O) groups is 2. The Kier molecular flexibility index (Phi) is 7.32. The summed E-state index contributed by atoms with van der Waals surface area (Å²) in [6.07, 6.45) is 0. The number of para-hydroxylation sites is 1. The topological polar surface area (TPSA) is 88.4 Å². The zero-order valence-corrected chi connectivity index (χ0v) is 24.5. The molecule has 2 amide bonds. The van der Waals surface area contributed by atoms with Crippen LogP contribution in [0.5, 0.6) is 0 Å². The van der Waals surface area contributed by atoms with Gasteiger partial charge >= 0.3 is 0 Å². The molecule has 0 fully saturated rings. The molecule has 2 aromatic heterocycles. The van der Waals surface area contributed by atoms with Crippen molar-refractivity contribution < 1.29 is 9.59 Å². The first-order valence-corrected chi connectivity index (χ1v) is 15.5. The summed E-state index contributed by atoms with van der Waals surface area (Å²) >= 11 is 2.90. The van der Waals surface area contributed by atoms with E-state index in [9.17, 15) is 9.59 Å². The number of benzene rings is 5. The first kappa shape index (κ1) is 26.9. The van der Waals surface area contributed by atoms with E-state index in [1.54, 1.807) is 35.6 Å². The molecule has 0 aliphatic heterocycles. The highest BCUT2D eigenvalue weighted by molar-refractivity contribution is 7.99. The minimum absolute atomic E-state index is 0.161. The van der Waals surface area contributed by atoms with Crippen LogP contribution in [0.1, 0.15) is 15.9 Å². The summed E-state index contributed by atoms with van der Waals surface area (Å²) in [6.45, 7) is 0.419. The Bertz CT molecular complexity index is 2100. The van der Waals surface area contributed by atoms with Crippen LogP contribution in [0.15, 0.2) is 120 Å². The number of amides is 2. The van der Waals surface area contributed by atoms with Gasteiger partial charge in [-0.25, -0.2) is 0 Å². The quantitative estimate of drug-likeness (QED) is 0.178. The van der Waals surface area contributed by atoms with E-state index in [0.29, 0.717) is 23.0 Å². The normalized spacial score (nSPS) is 11.3. The number of fused-ring (bicyclic) bond motifs is 4. The predicted octanol–water partition coefficient (Wildman–Crippen LogP) is 7.43. The summed E-state index contributed by atoms with van der Waals surface area (Å²) in [5.41, 5.74) is 5.48. The maximum Gasteiger partial charge on any atom is 0.251 e. The third-order valence-corrected chi connectivity index (χ3v) is 9.10. The predicted molar refractivity (Wildman–Crippen MR) is 175 cm³/mol. The minimum Gasteiger partial charge on any atom is -0.348 e. The van der Waals surface area contributed by atoms with E-state index in [4.69, 9.17) is 0 Å². The minimum atomic E-state index is -0.175. The Balaban J connectivity index is 0.918. The lowest BCUT2D eigenvalue weighted by atomic mass is 10.0. The lowest BCUT2D eigenvalue weighted by Gasteiger charge is -2.09. The van der Waals surface area contributed by atoms with Crippen LogP contribution in [0, 0.1) is 0 Å². The van der Waals surface area contributed by atoms with Crippen molar-refractivity contribution in [3.05, 3.63) is 126 Å². The highest BCUT2D eigenvalue weighted by Gasteiger charge is 2.14. The Morgan fingerprint density at radius 1 is 0.767 bits per heavy atom. The number of aromatic nitrogens is 3. The molecule has 9 heteroatoms. The van der Waals surface area contributed by atoms with Gasteiger partial charge in [0.15, 0.2) is 5.16 Å². The molecule has 0 aliphatic rings. The highest BCUT2D eigenvalue weighted by atomic mass is 32.2. The number of thiazole rings is 1. The van der Waals surface area contributed by atoms with Crippen molar-refractivity contribution in [3.63, 3.8) is 0 Å². The average Bonchev–Trinajstić information content (AvgIpc) is 3.62. The van der Waals surface area contributed by atoms with Crippen LogP contribution in [-0.2, 0) is 11.3 Å². The smallest absolute Gasteiger partial charge is 0.251 e. The monoisotopic (exact) mass is 599 g/mol. The summed E-state index contributed by atoms with van der Waals surface area (Å²) in [7, 11) is 0. The Labute approximate surface area is 255 Å². The Morgan fingerprint density at radius 2 is 1.51 bits per heavy atom. The number of nitrogens with zero attached hydrogens (tertiary/aromatic N) is 3. The molecule has 7 aromatic rings. The molecule has 0 unspecified atom stereocenters. The molecule has 5 aromatic carbocycles. The largest absolute Gasteiger partial charge is 0.348 e. The van der Waals surface area contributed by atoms with E-state index in [-0.39, 0.29) is 17.6 Å². The second kappa shape index (κ2) is 11.7. The number of carbonyl (C=O) groups excluding carboxylic acids is 2. The Morgan fingerprint density at radius 3 is 2.35 bits per heavy atom. The summed E-state index contributed by atoms with van der Waals surface area (Å²) in [5.74, 6) is -0.149. The molecule has 0 spiro atoms. The van der Waals surface area contributed by atoms with Gasteiger partial charge in [-0.05, 0) is 69.9 Å². The molecule has 0 atom stereocenters. The van der Waals surface area contributed by atoms with Crippen molar-refractivity contribution in [2.24, 2.45) is 0 Å². The zero-order chi connectivity index (χ0) is 29.2. The van der Waals surface area contributed by atoms with Gasteiger partial charge in [0.25, 0.3) is 5.91 Å². The summed E-state index contributed by atoms with van der Waals surface area (Å²) in [5, 5.41) is 17.5. The molecule has 7 rings (SSSR count). The molecule has 0 aliphatic carbocycles. The molecule has 210 valence electrons. The van der Waals surface area contributed by atoms with Crippen LogP contribution >= 0.6 is 23.1 Å². The van der Waals surface area contributed by atoms with Crippen molar-refractivity contribution in [3.8, 4) is 11.1 Å². The van der Waals surface area contributed by atoms with Crippen LogP contribution < -0.4 is 10.6 Å². The third kappa shape index (κ3) is 5.73. The van der Waals surface area contributed by atoms with Gasteiger partial charge in [0.2, 0.25) is 10.9 Å². The average molecular weight is 600 g/mol. The first-order chi connectivity index (χ1) is 21.1. The van der Waals surface area contributed by atoms with Crippen molar-refractivity contribution in [1.29, 1.82) is 0 Å². The Hall–Kier alpha value is -4.99. The first-order valence-electron chi connectivity index (χ1n) is 13.7. The van der Waals surface area contributed by atoms with Crippen molar-refractivity contribution >= 4 is 66.6 Å². The molecular formula is C34H25N5O2S2. The van der Waals surface area contributed by atoms with Crippen LogP contribution in [0.4, 0.5) is 5.69 Å². The van der Waals surface area contributed by atoms with Gasteiger partial charge in [0.1, 0.15) is 0 Å². The van der Waals surface area contributed by atoms with Gasteiger partial charge in [-0.2, -0.15) is 0 Å². The lowest BCUT2D eigenvalue weighted by molar-refractivity contribution is -0.113. The molecule has 2 N–H and O–H groups in total. The maximum atomic E-state index is 12.8. The van der Waals surface area contributed by atoms with Gasteiger partial charge in [-0.15, -0.1) is 10.2 Å². The van der Waals surface area contributed by atoms with E-state index >= 15 is 0 Å². The van der Waals surface area contributed by atoms with Crippen molar-refractivity contribution in [2.75, 3.05) is 11.1 Å². The fourth-order valence-electron chi connectivity index (χ4n) is 4.95. The number of hydrogen-bond acceptors (Lipinski definition) is 6. The van der Waals surface area contributed by atoms with E-state index in [1.807, 2.05) is 52.9 Å². The zero-order valence-electron chi connectivity index (χ0n) is 22.9. The summed E-state index contributed by atoms with van der Waals surface area (Å²) in [6, 6.07) is 37.9. The SMILES string of the molecule is O=C(CSc1nnc2sc3ccccc3n12)Nc1ccc(C(=O)NCc2ccc(-c3ccc4ccccc4c3)cc2)cc1. The van der Waals surface area contributed by atoms with Gasteiger partial charge in [-0.1, -0.05) is 95.9 Å². The van der Waals surface area contributed by atoms with Gasteiger partial charge in [0.05, 0.1) is 16.0 Å². The van der Waals surface area contributed by atoms with Crippen LogP contribution in [0.25, 0.3) is 37.1 Å². The fraction of sp³-hybridized carbons (Fsp3) is 0.0588. The van der Waals surface area contributed by atoms with Gasteiger partial charge < -0.3 is 10.6 Å². The number of anilines is 1. The van der Waals surface area contributed by atoms with Crippen LogP contribution in [-0.4, -0.2) is 32.2 Å². The van der Waals surface area contributed by atoms with Crippen molar-refractivity contribution in [2.45, 2.75) is 11.7 Å². The van der Waals surface area contributed by atoms with Crippen molar-refractivity contribution in [1.82, 2.24) is 19.9 Å². The van der Waals surface area contributed by atoms with E-state index in [1.165, 1.54) is 22.5 Å². The molecule has 0 saturated heterocycles. The number of hydrogen-bond donors (Lipinski definition) is 2. The number of rotatable bonds is 8. The number of nitrogens with one attached hydrogen (secondary N) is 2. The third-order valence-electron chi connectivity index (χ3n) is 7.16. The standard InChI is InChI=1S/C34H25N5O2S2/c40-31(21-42-33-37-38-34-39(33)29-7-3-4-8-30(29)43-34)36-28-17-15-25(16-18-28)32(41)35-20-22-9-11-24(12-10-22)27-14-13-23-5-1-2-6-26(23)19-27/h1-19H,20-21H2,(H,35,41)(H,36,40). The highest BCUT2D eigenvalue weighted by Crippen LogP contribution is 2.29. The van der Waals surface area contributed by atoms with E-state index in [2.05, 4.69) is 63.3 Å². The second-order valence-electron chi connectivity index (χ2n) is 10.0. The molecule has 7 nitrogen and oxygen atoms in total. The maximum absolute atomic E-state index is 12.8. The van der Waals surface area contributed by atoms with Crippen LogP contribution in [0.2, 0.25) is 0 Å². The summed E-state index contributed by atoms with van der Waals surface area (Å²) in [4.78, 5) is 26.2. The molecule has 0 bridgehead atoms. The van der Waals surface area contributed by atoms with Crippen LogP contribution in [0.3, 0.4) is 0 Å². The second-order valence-corrected chi connectivity index (χ2v) is 12.0. The molecule has 2 heterocycles. The molecule has 0 saturated carbocycles. The van der Waals surface area contributed by atoms with Gasteiger partial charge in [-0.3, -0.25) is 14.0 Å². The van der Waals surface area contributed by atoms with E-state index < -0.39 is 0 Å². The fourth-order valence-corrected chi connectivity index (χ4v) is 6.72. The molecular weight excluding hydrogens is 575 g/mol. The molecule has 0 radical (unpaired) electrons. The van der Waals surface area contributed by atoms with Gasteiger partial charge in [0, 0.05) is 17.8 Å². The lowest BCUT2D eigenvalue weighted by Crippen LogP contribution is -2.22. The summed E-state index contributed by atoms with van der Waals surface area (Å²) < 4.78 is 3.10. The van der Waals surface area contributed by atoms with E-state index in [0.717, 1.165) is 31.9 Å².